The molecular formula is C21H32N2O4S. The Kier molecular flexibility index (Phi) is 5.94. The van der Waals surface area contributed by atoms with Crippen molar-refractivity contribution in [2.75, 3.05) is 23.7 Å². The van der Waals surface area contributed by atoms with Crippen LogP contribution in [0.5, 0.6) is 5.75 Å². The lowest BCUT2D eigenvalue weighted by Crippen LogP contribution is -2.51. The molecule has 2 aliphatic rings. The molecule has 3 rings (SSSR count). The normalized spacial score (nSPS) is 21.0. The molecule has 1 saturated carbocycles. The molecular weight excluding hydrogens is 376 g/mol. The Morgan fingerprint density at radius 3 is 2.50 bits per heavy atom. The van der Waals surface area contributed by atoms with Gasteiger partial charge in [-0.05, 0) is 41.9 Å². The summed E-state index contributed by atoms with van der Waals surface area (Å²) in [7, 11) is -3.53. The third-order valence-corrected chi connectivity index (χ3v) is 6.82. The van der Waals surface area contributed by atoms with Crippen LogP contribution in [0.1, 0.15) is 58.4 Å². The molecule has 6 nitrogen and oxygen atoms in total. The lowest BCUT2D eigenvalue weighted by atomic mass is 9.86. The van der Waals surface area contributed by atoms with E-state index >= 15 is 0 Å². The van der Waals surface area contributed by atoms with E-state index in [1.54, 1.807) is 6.07 Å². The molecule has 1 atom stereocenters. The first-order chi connectivity index (χ1) is 13.1. The van der Waals surface area contributed by atoms with Gasteiger partial charge in [0.1, 0.15) is 5.75 Å². The number of nitrogens with zero attached hydrogens (tertiary/aromatic N) is 1. The summed E-state index contributed by atoms with van der Waals surface area (Å²) in [6.45, 7) is 6.85. The van der Waals surface area contributed by atoms with E-state index in [0.717, 1.165) is 18.4 Å². The number of rotatable bonds is 4. The van der Waals surface area contributed by atoms with Crippen LogP contribution in [-0.4, -0.2) is 39.8 Å². The second-order valence-corrected chi connectivity index (χ2v) is 11.0. The maximum absolute atomic E-state index is 12.7. The molecule has 28 heavy (non-hydrogen) atoms. The van der Waals surface area contributed by atoms with Crippen LogP contribution in [-0.2, 0) is 20.2 Å². The Morgan fingerprint density at radius 2 is 1.89 bits per heavy atom. The number of benzene rings is 1. The number of hydrogen-bond acceptors (Lipinski definition) is 4. The minimum atomic E-state index is -3.53. The molecule has 7 heteroatoms. The number of anilines is 1. The smallest absolute Gasteiger partial charge is 0.263 e. The van der Waals surface area contributed by atoms with Crippen LogP contribution in [0.15, 0.2) is 18.2 Å². The molecule has 0 radical (unpaired) electrons. The Bertz CT molecular complexity index is 823. The summed E-state index contributed by atoms with van der Waals surface area (Å²) in [5, 5.41) is 2.98. The largest absolute Gasteiger partial charge is 0.476 e. The predicted molar refractivity (Wildman–Crippen MR) is 111 cm³/mol. The van der Waals surface area contributed by atoms with Crippen LogP contribution in [0.25, 0.3) is 0 Å². The van der Waals surface area contributed by atoms with Gasteiger partial charge in [-0.3, -0.25) is 9.10 Å². The third-order valence-electron chi connectivity index (χ3n) is 5.68. The summed E-state index contributed by atoms with van der Waals surface area (Å²) < 4.78 is 32.1. The summed E-state index contributed by atoms with van der Waals surface area (Å²) >= 11 is 0. The monoisotopic (exact) mass is 408 g/mol. The third kappa shape index (κ3) is 4.80. The van der Waals surface area contributed by atoms with E-state index in [4.69, 9.17) is 4.74 Å². The highest BCUT2D eigenvalue weighted by Crippen LogP contribution is 2.38. The van der Waals surface area contributed by atoms with Crippen molar-refractivity contribution in [3.8, 4) is 5.75 Å². The van der Waals surface area contributed by atoms with Gasteiger partial charge in [0, 0.05) is 6.54 Å². The number of ether oxygens (including phenoxy) is 1. The first kappa shape index (κ1) is 21.0. The minimum absolute atomic E-state index is 0.00404. The van der Waals surface area contributed by atoms with E-state index in [9.17, 15) is 13.2 Å². The fourth-order valence-electron chi connectivity index (χ4n) is 3.92. The predicted octanol–water partition coefficient (Wildman–Crippen LogP) is 3.21. The highest BCUT2D eigenvalue weighted by Gasteiger charge is 2.36. The van der Waals surface area contributed by atoms with Crippen LogP contribution in [0, 0.1) is 5.92 Å². The number of carbonyl (C=O) groups is 1. The lowest BCUT2D eigenvalue weighted by Gasteiger charge is -2.35. The first-order valence-electron chi connectivity index (χ1n) is 10.1. The number of fused-ring (bicyclic) bond motifs is 1. The van der Waals surface area contributed by atoms with Gasteiger partial charge in [-0.15, -0.1) is 0 Å². The zero-order chi connectivity index (χ0) is 20.5. The van der Waals surface area contributed by atoms with Crippen molar-refractivity contribution >= 4 is 21.6 Å². The highest BCUT2D eigenvalue weighted by atomic mass is 32.2. The van der Waals surface area contributed by atoms with Gasteiger partial charge in [-0.1, -0.05) is 46.1 Å². The summed E-state index contributed by atoms with van der Waals surface area (Å²) in [5.74, 6) is 0.696. The molecule has 0 saturated heterocycles. The molecule has 1 N–H and O–H groups in total. The fourth-order valence-corrected chi connectivity index (χ4v) is 4.82. The summed E-state index contributed by atoms with van der Waals surface area (Å²) in [4.78, 5) is 12.7. The molecule has 156 valence electrons. The van der Waals surface area contributed by atoms with Crippen LogP contribution in [0.2, 0.25) is 0 Å². The topological polar surface area (TPSA) is 75.7 Å². The molecule has 1 aliphatic heterocycles. The Labute approximate surface area is 168 Å². The molecule has 1 heterocycles. The molecule has 1 fully saturated rings. The number of sulfonamides is 1. The van der Waals surface area contributed by atoms with Crippen molar-refractivity contribution in [1.82, 2.24) is 5.32 Å². The van der Waals surface area contributed by atoms with Crippen molar-refractivity contribution < 1.29 is 17.9 Å². The molecule has 1 aliphatic carbocycles. The van der Waals surface area contributed by atoms with Gasteiger partial charge in [-0.25, -0.2) is 8.42 Å². The SMILES string of the molecule is CC(C)(C)c1ccc2c(c1)N(S(C)(=O)=O)C[C@@H](C(=O)NCC1CCCCC1)O2. The van der Waals surface area contributed by atoms with E-state index in [1.807, 2.05) is 12.1 Å². The van der Waals surface area contributed by atoms with Crippen molar-refractivity contribution in [1.29, 1.82) is 0 Å². The standard InChI is InChI=1S/C21H32N2O4S/c1-21(2,3)16-10-11-18-17(12-16)23(28(4,25)26)14-19(27-18)20(24)22-13-15-8-6-5-7-9-15/h10-12,15,19H,5-9,13-14H2,1-4H3,(H,22,24)/t19-/m0/s1. The molecule has 0 spiro atoms. The van der Waals surface area contributed by atoms with Crippen LogP contribution >= 0.6 is 0 Å². The van der Waals surface area contributed by atoms with Gasteiger partial charge in [0.15, 0.2) is 6.10 Å². The fraction of sp³-hybridized carbons (Fsp3) is 0.667. The second kappa shape index (κ2) is 7.93. The zero-order valence-electron chi connectivity index (χ0n) is 17.3. The first-order valence-corrected chi connectivity index (χ1v) is 12.0. The summed E-state index contributed by atoms with van der Waals surface area (Å²) in [6, 6.07) is 5.56. The molecule has 0 aromatic heterocycles. The van der Waals surface area contributed by atoms with Gasteiger partial charge >= 0.3 is 0 Å². The average molecular weight is 409 g/mol. The Balaban J connectivity index is 1.79. The highest BCUT2D eigenvalue weighted by molar-refractivity contribution is 7.92. The van der Waals surface area contributed by atoms with E-state index in [1.165, 1.54) is 29.8 Å². The molecule has 0 unspecified atom stereocenters. The van der Waals surface area contributed by atoms with Crippen molar-refractivity contribution in [3.05, 3.63) is 23.8 Å². The number of amides is 1. The molecule has 1 aromatic rings. The average Bonchev–Trinajstić information content (AvgIpc) is 2.64. The molecule has 1 amide bonds. The van der Waals surface area contributed by atoms with Crippen molar-refractivity contribution in [3.63, 3.8) is 0 Å². The van der Waals surface area contributed by atoms with Gasteiger partial charge in [-0.2, -0.15) is 0 Å². The summed E-state index contributed by atoms with van der Waals surface area (Å²) in [6.07, 6.45) is 6.30. The van der Waals surface area contributed by atoms with E-state index < -0.39 is 16.1 Å². The Morgan fingerprint density at radius 1 is 1.21 bits per heavy atom. The van der Waals surface area contributed by atoms with Gasteiger partial charge < -0.3 is 10.1 Å². The Hall–Kier alpha value is -1.76. The quantitative estimate of drug-likeness (QED) is 0.830. The summed E-state index contributed by atoms with van der Waals surface area (Å²) in [5.41, 5.74) is 1.40. The van der Waals surface area contributed by atoms with Crippen molar-refractivity contribution in [2.45, 2.75) is 64.4 Å². The minimum Gasteiger partial charge on any atom is -0.476 e. The number of carbonyl (C=O) groups excluding carboxylic acids is 1. The number of nitrogens with one attached hydrogen (secondary N) is 1. The van der Waals surface area contributed by atoms with E-state index in [2.05, 4.69) is 26.1 Å². The van der Waals surface area contributed by atoms with Gasteiger partial charge in [0.05, 0.1) is 18.5 Å². The second-order valence-electron chi connectivity index (χ2n) is 9.08. The maximum Gasteiger partial charge on any atom is 0.263 e. The van der Waals surface area contributed by atoms with Gasteiger partial charge in [0.25, 0.3) is 5.91 Å². The van der Waals surface area contributed by atoms with Crippen molar-refractivity contribution in [2.24, 2.45) is 5.92 Å². The van der Waals surface area contributed by atoms with Gasteiger partial charge in [0.2, 0.25) is 10.0 Å². The van der Waals surface area contributed by atoms with Crippen LogP contribution in [0.3, 0.4) is 0 Å². The molecule has 0 bridgehead atoms. The lowest BCUT2D eigenvalue weighted by molar-refractivity contribution is -0.128. The zero-order valence-corrected chi connectivity index (χ0v) is 18.1. The van der Waals surface area contributed by atoms with Crippen LogP contribution in [0.4, 0.5) is 5.69 Å². The van der Waals surface area contributed by atoms with E-state index in [-0.39, 0.29) is 17.9 Å². The van der Waals surface area contributed by atoms with E-state index in [0.29, 0.717) is 23.9 Å². The number of hydrogen-bond donors (Lipinski definition) is 1. The van der Waals surface area contributed by atoms with Crippen LogP contribution < -0.4 is 14.4 Å². The maximum atomic E-state index is 12.7. The molecule has 1 aromatic carbocycles.